The Morgan fingerprint density at radius 1 is 1.42 bits per heavy atom. The standard InChI is InChI=1S/C10H18N2/c1-7(2)9(4)12-10-5-8(3)6-11-10/h8H,5-6H2,1-4H3,(H,11,12). The van der Waals surface area contributed by atoms with Gasteiger partial charge in [0.15, 0.2) is 0 Å². The van der Waals surface area contributed by atoms with E-state index in [0.29, 0.717) is 0 Å². The molecule has 1 aliphatic heterocycles. The quantitative estimate of drug-likeness (QED) is 0.635. The van der Waals surface area contributed by atoms with Crippen molar-refractivity contribution < 1.29 is 0 Å². The van der Waals surface area contributed by atoms with Crippen LogP contribution in [0.5, 0.6) is 0 Å². The van der Waals surface area contributed by atoms with E-state index in [9.17, 15) is 0 Å². The molecule has 1 N–H and O–H groups in total. The molecule has 0 spiro atoms. The number of rotatable bonds is 1. The van der Waals surface area contributed by atoms with Crippen LogP contribution in [-0.4, -0.2) is 12.4 Å². The van der Waals surface area contributed by atoms with Gasteiger partial charge in [0.2, 0.25) is 0 Å². The molecule has 0 aliphatic carbocycles. The van der Waals surface area contributed by atoms with Crippen molar-refractivity contribution in [2.75, 3.05) is 6.54 Å². The first-order valence-electron chi connectivity index (χ1n) is 4.54. The molecule has 0 fully saturated rings. The lowest BCUT2D eigenvalue weighted by Crippen LogP contribution is -2.20. The molecule has 0 aromatic carbocycles. The molecule has 2 heteroatoms. The van der Waals surface area contributed by atoms with Crippen molar-refractivity contribution >= 4 is 5.84 Å². The fourth-order valence-corrected chi connectivity index (χ4v) is 1.16. The summed E-state index contributed by atoms with van der Waals surface area (Å²) < 4.78 is 0. The maximum Gasteiger partial charge on any atom is 0.101 e. The maximum atomic E-state index is 4.41. The fraction of sp³-hybridized carbons (Fsp3) is 0.700. The molecule has 0 bridgehead atoms. The third-order valence-electron chi connectivity index (χ3n) is 2.22. The van der Waals surface area contributed by atoms with Crippen molar-refractivity contribution in [2.24, 2.45) is 10.9 Å². The lowest BCUT2D eigenvalue weighted by Gasteiger charge is -2.07. The van der Waals surface area contributed by atoms with Gasteiger partial charge in [-0.2, -0.15) is 0 Å². The Bertz CT molecular complexity index is 222. The van der Waals surface area contributed by atoms with Crippen LogP contribution in [0.1, 0.15) is 34.1 Å². The van der Waals surface area contributed by atoms with E-state index in [2.05, 4.69) is 38.0 Å². The molecule has 0 saturated heterocycles. The summed E-state index contributed by atoms with van der Waals surface area (Å²) in [5.74, 6) is 1.87. The smallest absolute Gasteiger partial charge is 0.101 e. The Morgan fingerprint density at radius 2 is 2.08 bits per heavy atom. The molecule has 1 aliphatic rings. The summed E-state index contributed by atoms with van der Waals surface area (Å²) in [7, 11) is 0. The second-order valence-corrected chi connectivity index (χ2v) is 3.85. The lowest BCUT2D eigenvalue weighted by atomic mass is 10.1. The van der Waals surface area contributed by atoms with Crippen molar-refractivity contribution in [3.05, 3.63) is 11.3 Å². The highest BCUT2D eigenvalue weighted by molar-refractivity contribution is 5.85. The van der Waals surface area contributed by atoms with Crippen LogP contribution >= 0.6 is 0 Å². The highest BCUT2D eigenvalue weighted by Crippen LogP contribution is 2.11. The van der Waals surface area contributed by atoms with Crippen molar-refractivity contribution in [3.63, 3.8) is 0 Å². The Hall–Kier alpha value is -0.790. The highest BCUT2D eigenvalue weighted by Gasteiger charge is 2.13. The van der Waals surface area contributed by atoms with Crippen molar-refractivity contribution in [1.29, 1.82) is 0 Å². The van der Waals surface area contributed by atoms with Gasteiger partial charge in [-0.05, 0) is 26.7 Å². The van der Waals surface area contributed by atoms with Crippen molar-refractivity contribution in [2.45, 2.75) is 34.1 Å². The van der Waals surface area contributed by atoms with Gasteiger partial charge in [-0.15, -0.1) is 0 Å². The molecule has 12 heavy (non-hydrogen) atoms. The average molecular weight is 166 g/mol. The van der Waals surface area contributed by atoms with Gasteiger partial charge in [0, 0.05) is 18.7 Å². The van der Waals surface area contributed by atoms with E-state index in [1.807, 2.05) is 0 Å². The maximum absolute atomic E-state index is 4.41. The fourth-order valence-electron chi connectivity index (χ4n) is 1.16. The minimum Gasteiger partial charge on any atom is -0.348 e. The zero-order chi connectivity index (χ0) is 9.14. The Kier molecular flexibility index (Phi) is 2.90. The van der Waals surface area contributed by atoms with Gasteiger partial charge in [-0.3, -0.25) is 4.99 Å². The number of amidine groups is 1. The van der Waals surface area contributed by atoms with Crippen LogP contribution in [0.4, 0.5) is 0 Å². The second-order valence-electron chi connectivity index (χ2n) is 3.85. The van der Waals surface area contributed by atoms with Gasteiger partial charge in [0.1, 0.15) is 5.84 Å². The Balaban J connectivity index is 2.48. The van der Waals surface area contributed by atoms with Crippen LogP contribution in [0.25, 0.3) is 0 Å². The Labute approximate surface area is 74.8 Å². The molecule has 1 heterocycles. The second kappa shape index (κ2) is 3.74. The van der Waals surface area contributed by atoms with Gasteiger partial charge in [-0.25, -0.2) is 0 Å². The summed E-state index contributed by atoms with van der Waals surface area (Å²) in [6.45, 7) is 9.54. The molecule has 1 atom stereocenters. The predicted molar refractivity (Wildman–Crippen MR) is 53.3 cm³/mol. The summed E-state index contributed by atoms with van der Waals surface area (Å²) in [5, 5.41) is 3.34. The van der Waals surface area contributed by atoms with Gasteiger partial charge < -0.3 is 5.32 Å². The van der Waals surface area contributed by atoms with E-state index >= 15 is 0 Å². The molecule has 68 valence electrons. The molecule has 0 aromatic heterocycles. The van der Waals surface area contributed by atoms with Crippen LogP contribution in [0.2, 0.25) is 0 Å². The molecule has 1 unspecified atom stereocenters. The van der Waals surface area contributed by atoms with E-state index in [1.165, 1.54) is 11.3 Å². The van der Waals surface area contributed by atoms with E-state index in [-0.39, 0.29) is 0 Å². The molecule has 2 nitrogen and oxygen atoms in total. The summed E-state index contributed by atoms with van der Waals surface area (Å²) in [6.07, 6.45) is 1.10. The zero-order valence-corrected chi connectivity index (χ0v) is 8.44. The number of allylic oxidation sites excluding steroid dienone is 2. The van der Waals surface area contributed by atoms with Gasteiger partial charge in [-0.1, -0.05) is 12.5 Å². The molecule has 0 radical (unpaired) electrons. The first kappa shape index (κ1) is 9.30. The zero-order valence-electron chi connectivity index (χ0n) is 8.44. The molecule has 1 rings (SSSR count). The minimum absolute atomic E-state index is 0.720. The molecule has 0 aromatic rings. The van der Waals surface area contributed by atoms with E-state index in [1.54, 1.807) is 0 Å². The van der Waals surface area contributed by atoms with Gasteiger partial charge in [0.25, 0.3) is 0 Å². The first-order valence-corrected chi connectivity index (χ1v) is 4.54. The number of nitrogens with one attached hydrogen (secondary N) is 1. The summed E-state index contributed by atoms with van der Waals surface area (Å²) >= 11 is 0. The van der Waals surface area contributed by atoms with Crippen LogP contribution in [0.3, 0.4) is 0 Å². The van der Waals surface area contributed by atoms with Gasteiger partial charge >= 0.3 is 0 Å². The van der Waals surface area contributed by atoms with Crippen molar-refractivity contribution in [1.82, 2.24) is 5.32 Å². The summed E-state index contributed by atoms with van der Waals surface area (Å²) in [4.78, 5) is 4.41. The predicted octanol–water partition coefficient (Wildman–Crippen LogP) is 2.33. The number of hydrogen-bond acceptors (Lipinski definition) is 2. The highest BCUT2D eigenvalue weighted by atomic mass is 15.0. The summed E-state index contributed by atoms with van der Waals surface area (Å²) in [5.41, 5.74) is 2.57. The summed E-state index contributed by atoms with van der Waals surface area (Å²) in [6, 6.07) is 0. The van der Waals surface area contributed by atoms with Gasteiger partial charge in [0.05, 0.1) is 0 Å². The third-order valence-corrected chi connectivity index (χ3v) is 2.22. The van der Waals surface area contributed by atoms with Crippen LogP contribution in [-0.2, 0) is 0 Å². The van der Waals surface area contributed by atoms with E-state index in [0.717, 1.165) is 24.7 Å². The largest absolute Gasteiger partial charge is 0.348 e. The minimum atomic E-state index is 0.720. The average Bonchev–Trinajstić information content (AvgIpc) is 2.35. The monoisotopic (exact) mass is 166 g/mol. The Morgan fingerprint density at radius 3 is 2.50 bits per heavy atom. The van der Waals surface area contributed by atoms with E-state index < -0.39 is 0 Å². The topological polar surface area (TPSA) is 24.4 Å². The number of aliphatic imine (C=N–C) groups is 1. The number of hydrogen-bond donors (Lipinski definition) is 1. The van der Waals surface area contributed by atoms with E-state index in [4.69, 9.17) is 0 Å². The lowest BCUT2D eigenvalue weighted by molar-refractivity contribution is 0.661. The number of nitrogens with zero attached hydrogens (tertiary/aromatic N) is 1. The van der Waals surface area contributed by atoms with Crippen LogP contribution in [0, 0.1) is 5.92 Å². The molecule has 0 saturated carbocycles. The van der Waals surface area contributed by atoms with Crippen LogP contribution < -0.4 is 5.32 Å². The molecule has 0 amide bonds. The molecular weight excluding hydrogens is 148 g/mol. The third kappa shape index (κ3) is 2.36. The first-order chi connectivity index (χ1) is 5.59. The van der Waals surface area contributed by atoms with Crippen LogP contribution in [0.15, 0.2) is 16.3 Å². The SMILES string of the molecule is CC(C)=C(C)NC1=NCC(C)C1. The molecular formula is C10H18N2. The normalized spacial score (nSPS) is 22.0. The van der Waals surface area contributed by atoms with Crippen molar-refractivity contribution in [3.8, 4) is 0 Å².